The normalized spacial score (nSPS) is 12.8. The van der Waals surface area contributed by atoms with Crippen molar-refractivity contribution in [1.82, 2.24) is 0 Å². The number of thioether (sulfide) groups is 1. The van der Waals surface area contributed by atoms with Crippen LogP contribution in [-0.2, 0) is 38.4 Å². The molecule has 6 atom stereocenters. The number of carboxylic acid groups (broad SMARTS) is 8. The van der Waals surface area contributed by atoms with Crippen LogP contribution in [0.25, 0.3) is 0 Å². The van der Waals surface area contributed by atoms with Crippen LogP contribution < -0.4 is 45.9 Å². The lowest BCUT2D eigenvalue weighted by Crippen LogP contribution is -2.36. The molecule has 0 aliphatic carbocycles. The number of aliphatic carboxylic acids is 8. The molecule has 0 radical (unpaired) electrons. The molecule has 318 valence electrons. The zero-order chi connectivity index (χ0) is 44.1. The van der Waals surface area contributed by atoms with Crippen molar-refractivity contribution in [2.24, 2.45) is 56.8 Å². The number of aliphatic imine (C=N–C) groups is 1. The second kappa shape index (κ2) is 39.3. The Balaban J connectivity index is -0.000000130. The highest BCUT2D eigenvalue weighted by Gasteiger charge is 2.17. The standard InChI is InChI=1S/C6H14N4O2.C6H13NO2.C5H9NO4.C5H11NO2S.C4H7NO4.C2H5NO2/c7-4(5(11)12)2-1-3-10-6(8)9;1-3-4(2)5(7)6(8)9;6-3(5(9)10)1-2-4(7)8;1-9-3-2-4(6)5(7)8;5-2(4(8)9)1-3(6)7;3-1-2(4)5/h4H,1-3,7H2,(H,11,12)(H4,8,9,10);4-5H,3,7H2,1-2H3,(H,8,9);3H,1-2,6H2,(H,7,8)(H,9,10);4H,2-3,6H2,1H3,(H,7,8);2H,1,5H2,(H,6,7)(H,8,9);1,3H2,(H,4,5)/t4-;4-,5-;3-;4-;2-;/m00000./s1. The third kappa shape index (κ3) is 53.9. The Kier molecular flexibility index (Phi) is 44.6. The number of rotatable bonds is 20. The van der Waals surface area contributed by atoms with Gasteiger partial charge in [0.25, 0.3) is 0 Å². The molecule has 24 N–H and O–H groups in total. The minimum absolute atomic E-state index is 0.0129. The summed E-state index contributed by atoms with van der Waals surface area (Å²) in [4.78, 5) is 82.9. The average Bonchev–Trinajstić information content (AvgIpc) is 3.07. The van der Waals surface area contributed by atoms with Gasteiger partial charge in [-0.25, -0.2) is 0 Å². The Morgan fingerprint density at radius 2 is 1.00 bits per heavy atom. The lowest BCUT2D eigenvalue weighted by molar-refractivity contribution is -0.144. The first-order valence-corrected chi connectivity index (χ1v) is 16.9. The summed E-state index contributed by atoms with van der Waals surface area (Å²) in [7, 11) is 0. The number of nitrogens with two attached hydrogens (primary N) is 8. The van der Waals surface area contributed by atoms with E-state index in [1.165, 1.54) is 0 Å². The summed E-state index contributed by atoms with van der Waals surface area (Å²) in [5, 5.41) is 64.9. The molecule has 0 spiro atoms. The predicted octanol–water partition coefficient (Wildman–Crippen LogP) is -3.79. The van der Waals surface area contributed by atoms with Gasteiger partial charge in [0.2, 0.25) is 0 Å². The first-order valence-electron chi connectivity index (χ1n) is 15.5. The number of carboxylic acids is 8. The molecule has 0 aliphatic heterocycles. The lowest BCUT2D eigenvalue weighted by atomic mass is 10.0. The maximum atomic E-state index is 10.2. The molecular formula is C28H59N9O16S. The van der Waals surface area contributed by atoms with Gasteiger partial charge in [-0.3, -0.25) is 43.3 Å². The van der Waals surface area contributed by atoms with Crippen molar-refractivity contribution in [1.29, 1.82) is 0 Å². The Morgan fingerprint density at radius 1 is 0.611 bits per heavy atom. The van der Waals surface area contributed by atoms with Gasteiger partial charge >= 0.3 is 47.8 Å². The van der Waals surface area contributed by atoms with E-state index in [1.807, 2.05) is 20.1 Å². The molecule has 0 rings (SSSR count). The fraction of sp³-hybridized carbons (Fsp3) is 0.679. The van der Waals surface area contributed by atoms with E-state index in [9.17, 15) is 38.4 Å². The predicted molar refractivity (Wildman–Crippen MR) is 196 cm³/mol. The van der Waals surface area contributed by atoms with Gasteiger partial charge in [-0.1, -0.05) is 20.3 Å². The Labute approximate surface area is 315 Å². The number of hydrogen-bond acceptors (Lipinski definition) is 16. The van der Waals surface area contributed by atoms with E-state index >= 15 is 0 Å². The monoisotopic (exact) mass is 809 g/mol. The highest BCUT2D eigenvalue weighted by Crippen LogP contribution is 2.04. The molecule has 0 amide bonds. The topological polar surface area (TPSA) is 519 Å². The second-order valence-electron chi connectivity index (χ2n) is 10.4. The molecule has 0 fully saturated rings. The summed E-state index contributed by atoms with van der Waals surface area (Å²) >= 11 is 1.60. The summed E-state index contributed by atoms with van der Waals surface area (Å²) in [6.45, 7) is 3.90. The molecule has 0 saturated heterocycles. The maximum absolute atomic E-state index is 10.2. The van der Waals surface area contributed by atoms with Gasteiger partial charge in [0, 0.05) is 13.0 Å². The van der Waals surface area contributed by atoms with E-state index in [-0.39, 0.29) is 31.3 Å². The molecule has 0 heterocycles. The third-order valence-corrected chi connectivity index (χ3v) is 6.29. The molecule has 26 heteroatoms. The zero-order valence-electron chi connectivity index (χ0n) is 30.4. The SMILES string of the molecule is CC[C@H](C)[C@H](N)C(=O)O.CSCC[C@H](N)C(=O)O.NC(N)=NCCC[C@H](N)C(=O)O.NCC(=O)O.N[C@@H](CC(=O)O)C(=O)O.N[C@@H](CCC(=O)O)C(=O)O. The molecule has 0 aromatic rings. The van der Waals surface area contributed by atoms with Crippen LogP contribution in [-0.4, -0.2) is 150 Å². The van der Waals surface area contributed by atoms with Crippen molar-refractivity contribution < 1.29 is 79.2 Å². The van der Waals surface area contributed by atoms with Crippen molar-refractivity contribution >= 4 is 65.5 Å². The van der Waals surface area contributed by atoms with E-state index in [0.717, 1.165) is 12.2 Å². The summed E-state index contributed by atoms with van der Waals surface area (Å²) in [6, 6.07) is -4.55. The number of nitrogens with zero attached hydrogens (tertiary/aromatic N) is 1. The summed E-state index contributed by atoms with van der Waals surface area (Å²) in [6.07, 6.45) is 3.49. The van der Waals surface area contributed by atoms with Crippen LogP contribution in [0, 0.1) is 5.92 Å². The van der Waals surface area contributed by atoms with E-state index in [4.69, 9.17) is 81.0 Å². The highest BCUT2D eigenvalue weighted by atomic mass is 32.2. The van der Waals surface area contributed by atoms with E-state index < -0.39 is 84.4 Å². The quantitative estimate of drug-likeness (QED) is 0.0319. The number of hydrogen-bond donors (Lipinski definition) is 16. The summed E-state index contributed by atoms with van der Waals surface area (Å²) < 4.78 is 0. The van der Waals surface area contributed by atoms with Gasteiger partial charge in [-0.2, -0.15) is 11.8 Å². The van der Waals surface area contributed by atoms with Crippen molar-refractivity contribution in [3.63, 3.8) is 0 Å². The Hall–Kier alpha value is -4.86. The van der Waals surface area contributed by atoms with E-state index in [2.05, 4.69) is 10.7 Å². The van der Waals surface area contributed by atoms with Crippen LogP contribution in [0.4, 0.5) is 0 Å². The van der Waals surface area contributed by atoms with Crippen LogP contribution in [0.3, 0.4) is 0 Å². The zero-order valence-corrected chi connectivity index (χ0v) is 31.2. The van der Waals surface area contributed by atoms with Gasteiger partial charge in [-0.05, 0) is 43.6 Å². The first-order chi connectivity index (χ1) is 24.7. The summed E-state index contributed by atoms with van der Waals surface area (Å²) in [5.41, 5.74) is 40.2. The van der Waals surface area contributed by atoms with Crippen molar-refractivity contribution in [3.8, 4) is 0 Å². The van der Waals surface area contributed by atoms with Crippen molar-refractivity contribution in [2.45, 2.75) is 89.0 Å². The smallest absolute Gasteiger partial charge is 0.321 e. The Morgan fingerprint density at radius 3 is 1.24 bits per heavy atom. The van der Waals surface area contributed by atoms with Crippen LogP contribution in [0.5, 0.6) is 0 Å². The van der Waals surface area contributed by atoms with Crippen LogP contribution in [0.2, 0.25) is 0 Å². The molecule has 0 unspecified atom stereocenters. The lowest BCUT2D eigenvalue weighted by Gasteiger charge is -2.11. The van der Waals surface area contributed by atoms with Gasteiger partial charge in [0.05, 0.1) is 13.0 Å². The number of guanidine groups is 1. The minimum Gasteiger partial charge on any atom is -0.481 e. The molecule has 54 heavy (non-hydrogen) atoms. The van der Waals surface area contributed by atoms with Gasteiger partial charge < -0.3 is 86.7 Å². The molecular weight excluding hydrogens is 750 g/mol. The molecule has 0 bridgehead atoms. The van der Waals surface area contributed by atoms with E-state index in [0.29, 0.717) is 25.8 Å². The average molecular weight is 810 g/mol. The molecule has 0 aromatic carbocycles. The molecule has 25 nitrogen and oxygen atoms in total. The summed E-state index contributed by atoms with van der Waals surface area (Å²) in [5.74, 6) is -7.59. The highest BCUT2D eigenvalue weighted by molar-refractivity contribution is 7.98. The fourth-order valence-electron chi connectivity index (χ4n) is 2.19. The molecule has 0 aliphatic rings. The van der Waals surface area contributed by atoms with Crippen molar-refractivity contribution in [3.05, 3.63) is 0 Å². The second-order valence-corrected chi connectivity index (χ2v) is 11.4. The fourth-order valence-corrected chi connectivity index (χ4v) is 2.68. The first kappa shape index (κ1) is 61.2. The van der Waals surface area contributed by atoms with Crippen LogP contribution >= 0.6 is 11.8 Å². The van der Waals surface area contributed by atoms with Crippen molar-refractivity contribution in [2.75, 3.05) is 25.1 Å². The van der Waals surface area contributed by atoms with Crippen LogP contribution in [0.1, 0.15) is 58.8 Å². The maximum Gasteiger partial charge on any atom is 0.321 e. The largest absolute Gasteiger partial charge is 0.481 e. The van der Waals surface area contributed by atoms with Gasteiger partial charge in [0.15, 0.2) is 5.96 Å². The minimum atomic E-state index is -1.29. The molecule has 0 saturated carbocycles. The van der Waals surface area contributed by atoms with Gasteiger partial charge in [-0.15, -0.1) is 0 Å². The van der Waals surface area contributed by atoms with Gasteiger partial charge in [0.1, 0.15) is 30.2 Å². The van der Waals surface area contributed by atoms with Crippen LogP contribution in [0.15, 0.2) is 4.99 Å². The third-order valence-electron chi connectivity index (χ3n) is 5.65. The van der Waals surface area contributed by atoms with E-state index in [1.54, 1.807) is 11.8 Å². The number of carbonyl (C=O) groups is 8. The molecule has 0 aromatic heterocycles. The Bertz CT molecular complexity index is 1130.